The first kappa shape index (κ1) is 21.1. The lowest BCUT2D eigenvalue weighted by Gasteiger charge is -2.34. The molecule has 158 valence electrons. The number of aromatic nitrogens is 2. The van der Waals surface area contributed by atoms with Gasteiger partial charge in [-0.05, 0) is 65.5 Å². The van der Waals surface area contributed by atoms with Crippen molar-refractivity contribution in [2.24, 2.45) is 0 Å². The van der Waals surface area contributed by atoms with E-state index in [1.807, 2.05) is 12.1 Å². The van der Waals surface area contributed by atoms with Crippen LogP contribution in [0.2, 0.25) is 0 Å². The van der Waals surface area contributed by atoms with Crippen LogP contribution < -0.4 is 15.0 Å². The second-order valence-electron chi connectivity index (χ2n) is 7.41. The van der Waals surface area contributed by atoms with Crippen LogP contribution in [-0.2, 0) is 0 Å². The Kier molecular flexibility index (Phi) is 6.33. The Labute approximate surface area is 188 Å². The van der Waals surface area contributed by atoms with Crippen LogP contribution in [-0.4, -0.2) is 29.1 Å². The number of benzene rings is 2. The Morgan fingerprint density at radius 2 is 1.97 bits per heavy atom. The normalized spacial score (nSPS) is 14.2. The number of nitrogens with zero attached hydrogens (tertiary/aromatic N) is 4. The second kappa shape index (κ2) is 9.31. The molecule has 3 aromatic rings. The van der Waals surface area contributed by atoms with E-state index in [2.05, 4.69) is 60.4 Å². The first-order valence-electron chi connectivity index (χ1n) is 10.0. The van der Waals surface area contributed by atoms with Crippen molar-refractivity contribution < 1.29 is 9.13 Å². The molecule has 4 rings (SSSR count). The van der Waals surface area contributed by atoms with Gasteiger partial charge in [0.1, 0.15) is 0 Å². The Balaban J connectivity index is 1.44. The Morgan fingerprint density at radius 1 is 1.23 bits per heavy atom. The van der Waals surface area contributed by atoms with Crippen molar-refractivity contribution in [2.75, 3.05) is 23.3 Å². The fraction of sp³-hybridized carbons (Fsp3) is 0.261. The molecule has 0 spiro atoms. The van der Waals surface area contributed by atoms with E-state index >= 15 is 0 Å². The lowest BCUT2D eigenvalue weighted by Crippen LogP contribution is -2.39. The SMILES string of the molecule is Cc1cc(C#N)cc(F)c1Oc1nc(NC2CCN(c3ccccc3)CC2)ncc1Br. The van der Waals surface area contributed by atoms with Gasteiger partial charge in [-0.25, -0.2) is 9.37 Å². The molecule has 0 bridgehead atoms. The quantitative estimate of drug-likeness (QED) is 0.523. The zero-order chi connectivity index (χ0) is 21.8. The maximum atomic E-state index is 14.4. The number of nitrogens with one attached hydrogen (secondary N) is 1. The smallest absolute Gasteiger partial charge is 0.238 e. The molecule has 1 aromatic heterocycles. The van der Waals surface area contributed by atoms with Crippen LogP contribution in [0.25, 0.3) is 0 Å². The molecule has 1 N–H and O–H groups in total. The average Bonchev–Trinajstić information content (AvgIpc) is 2.79. The summed E-state index contributed by atoms with van der Waals surface area (Å²) >= 11 is 3.36. The highest BCUT2D eigenvalue weighted by Crippen LogP contribution is 2.33. The van der Waals surface area contributed by atoms with Crippen molar-refractivity contribution in [3.63, 3.8) is 0 Å². The van der Waals surface area contributed by atoms with Gasteiger partial charge in [0.15, 0.2) is 11.6 Å². The number of hydrogen-bond donors (Lipinski definition) is 1. The predicted octanol–water partition coefficient (Wildman–Crippen LogP) is 5.43. The van der Waals surface area contributed by atoms with Gasteiger partial charge in [0.05, 0.1) is 22.3 Å². The number of anilines is 2. The molecule has 0 aliphatic carbocycles. The molecule has 31 heavy (non-hydrogen) atoms. The van der Waals surface area contributed by atoms with Gasteiger partial charge in [-0.3, -0.25) is 0 Å². The van der Waals surface area contributed by atoms with E-state index in [0.717, 1.165) is 32.0 Å². The molecule has 0 atom stereocenters. The summed E-state index contributed by atoms with van der Waals surface area (Å²) in [5.74, 6) is 0.0828. The van der Waals surface area contributed by atoms with Gasteiger partial charge >= 0.3 is 0 Å². The van der Waals surface area contributed by atoms with Gasteiger partial charge in [-0.15, -0.1) is 0 Å². The van der Waals surface area contributed by atoms with E-state index in [-0.39, 0.29) is 23.2 Å². The monoisotopic (exact) mass is 481 g/mol. The molecule has 1 aliphatic rings. The van der Waals surface area contributed by atoms with Crippen LogP contribution in [0.4, 0.5) is 16.0 Å². The van der Waals surface area contributed by atoms with Crippen LogP contribution in [0.1, 0.15) is 24.0 Å². The molecule has 8 heteroatoms. The molecule has 1 fully saturated rings. The topological polar surface area (TPSA) is 74.1 Å². The van der Waals surface area contributed by atoms with Crippen molar-refractivity contribution in [2.45, 2.75) is 25.8 Å². The zero-order valence-corrected chi connectivity index (χ0v) is 18.6. The summed E-state index contributed by atoms with van der Waals surface area (Å²) in [4.78, 5) is 11.1. The number of halogens is 2. The van der Waals surface area contributed by atoms with Crippen LogP contribution in [0.3, 0.4) is 0 Å². The first-order chi connectivity index (χ1) is 15.0. The van der Waals surface area contributed by atoms with Crippen LogP contribution in [0.5, 0.6) is 11.6 Å². The number of nitriles is 1. The largest absolute Gasteiger partial charge is 0.434 e. The molecule has 0 unspecified atom stereocenters. The zero-order valence-electron chi connectivity index (χ0n) is 17.0. The van der Waals surface area contributed by atoms with Crippen LogP contribution in [0.15, 0.2) is 53.1 Å². The maximum absolute atomic E-state index is 14.4. The van der Waals surface area contributed by atoms with Gasteiger partial charge in [0, 0.05) is 24.8 Å². The Morgan fingerprint density at radius 3 is 2.65 bits per heavy atom. The third kappa shape index (κ3) is 4.94. The minimum absolute atomic E-state index is 0.0421. The average molecular weight is 482 g/mol. The van der Waals surface area contributed by atoms with Crippen molar-refractivity contribution in [3.05, 3.63) is 70.1 Å². The molecule has 0 radical (unpaired) electrons. The Hall–Kier alpha value is -3.18. The highest BCUT2D eigenvalue weighted by atomic mass is 79.9. The summed E-state index contributed by atoms with van der Waals surface area (Å²) in [5.41, 5.74) is 1.99. The molecule has 1 saturated heterocycles. The summed E-state index contributed by atoms with van der Waals surface area (Å²) in [6, 6.07) is 15.3. The van der Waals surface area contributed by atoms with Crippen LogP contribution in [0, 0.1) is 24.1 Å². The molecule has 0 saturated carbocycles. The van der Waals surface area contributed by atoms with Crippen molar-refractivity contribution in [1.82, 2.24) is 9.97 Å². The molecular formula is C23H21BrFN5O. The molecule has 6 nitrogen and oxygen atoms in total. The highest BCUT2D eigenvalue weighted by Gasteiger charge is 2.21. The van der Waals surface area contributed by atoms with Gasteiger partial charge in [-0.1, -0.05) is 18.2 Å². The minimum atomic E-state index is -0.607. The fourth-order valence-electron chi connectivity index (χ4n) is 3.62. The van der Waals surface area contributed by atoms with Gasteiger partial charge in [0.25, 0.3) is 0 Å². The Bertz CT molecular complexity index is 1090. The molecular weight excluding hydrogens is 461 g/mol. The summed E-state index contributed by atoms with van der Waals surface area (Å²) in [7, 11) is 0. The van der Waals surface area contributed by atoms with Gasteiger partial charge < -0.3 is 15.0 Å². The number of aryl methyl sites for hydroxylation is 1. The predicted molar refractivity (Wildman–Crippen MR) is 121 cm³/mol. The maximum Gasteiger partial charge on any atom is 0.238 e. The summed E-state index contributed by atoms with van der Waals surface area (Å²) in [6.45, 7) is 3.57. The lowest BCUT2D eigenvalue weighted by atomic mass is 10.0. The van der Waals surface area contributed by atoms with E-state index in [9.17, 15) is 4.39 Å². The lowest BCUT2D eigenvalue weighted by molar-refractivity contribution is 0.420. The van der Waals surface area contributed by atoms with Crippen LogP contribution >= 0.6 is 15.9 Å². The van der Waals surface area contributed by atoms with Gasteiger partial charge in [-0.2, -0.15) is 10.2 Å². The number of rotatable bonds is 5. The van der Waals surface area contributed by atoms with Gasteiger partial charge in [0.2, 0.25) is 11.8 Å². The summed E-state index contributed by atoms with van der Waals surface area (Å²) < 4.78 is 20.7. The number of piperidine rings is 1. The number of ether oxygens (including phenoxy) is 1. The van der Waals surface area contributed by atoms with Crippen molar-refractivity contribution >= 4 is 27.6 Å². The molecule has 0 amide bonds. The van der Waals surface area contributed by atoms with E-state index in [1.54, 1.807) is 19.2 Å². The van der Waals surface area contributed by atoms with Crippen molar-refractivity contribution in [1.29, 1.82) is 5.26 Å². The van der Waals surface area contributed by atoms with E-state index in [1.165, 1.54) is 5.69 Å². The number of hydrogen-bond acceptors (Lipinski definition) is 6. The van der Waals surface area contributed by atoms with E-state index in [4.69, 9.17) is 10.00 Å². The van der Waals surface area contributed by atoms with Crippen molar-refractivity contribution in [3.8, 4) is 17.7 Å². The first-order valence-corrected chi connectivity index (χ1v) is 10.8. The standard InChI is InChI=1S/C23H21BrFN5O/c1-15-11-16(13-26)12-20(25)21(15)31-22-19(24)14-27-23(29-22)28-17-7-9-30(10-8-17)18-5-3-2-4-6-18/h2-6,11-12,14,17H,7-10H2,1H3,(H,27,28,29). The van der Waals surface area contributed by atoms with E-state index < -0.39 is 5.82 Å². The van der Waals surface area contributed by atoms with E-state index in [0.29, 0.717) is 16.0 Å². The fourth-order valence-corrected chi connectivity index (χ4v) is 3.89. The second-order valence-corrected chi connectivity index (χ2v) is 8.26. The molecule has 1 aliphatic heterocycles. The summed E-state index contributed by atoms with van der Waals surface area (Å²) in [5, 5.41) is 12.4. The highest BCUT2D eigenvalue weighted by molar-refractivity contribution is 9.10. The molecule has 2 heterocycles. The molecule has 2 aromatic carbocycles. The minimum Gasteiger partial charge on any atom is -0.434 e. The third-order valence-corrected chi connectivity index (χ3v) is 5.76. The summed E-state index contributed by atoms with van der Waals surface area (Å²) in [6.07, 6.45) is 3.49. The third-order valence-electron chi connectivity index (χ3n) is 5.22. The number of para-hydroxylation sites is 1.